The molecule has 2 heterocycles. The molecule has 2 aromatic carbocycles. The third kappa shape index (κ3) is 2.99. The van der Waals surface area contributed by atoms with Crippen molar-refractivity contribution in [2.75, 3.05) is 11.5 Å². The number of hydrogen-bond acceptors (Lipinski definition) is 3. The fourth-order valence-corrected chi connectivity index (χ4v) is 4.62. The predicted octanol–water partition coefficient (Wildman–Crippen LogP) is 6.15. The normalized spacial score (nSPS) is 21.2. The number of halogens is 2. The molecular weight excluding hydrogens is 395 g/mol. The van der Waals surface area contributed by atoms with Crippen LogP contribution in [0.15, 0.2) is 35.3 Å². The molecule has 1 amide bonds. The highest BCUT2D eigenvalue weighted by Gasteiger charge is 2.48. The van der Waals surface area contributed by atoms with Crippen molar-refractivity contribution in [1.82, 2.24) is 0 Å². The predicted molar refractivity (Wildman–Crippen MR) is 115 cm³/mol. The highest BCUT2D eigenvalue weighted by atomic mass is 35.5. The molecule has 0 saturated heterocycles. The Kier molecular flexibility index (Phi) is 4.67. The van der Waals surface area contributed by atoms with Crippen LogP contribution in [0.2, 0.25) is 10.0 Å². The lowest BCUT2D eigenvalue weighted by molar-refractivity contribution is -0.113. The van der Waals surface area contributed by atoms with Gasteiger partial charge in [0, 0.05) is 11.1 Å². The van der Waals surface area contributed by atoms with Crippen LogP contribution in [0.4, 0.5) is 11.4 Å². The zero-order valence-corrected chi connectivity index (χ0v) is 17.9. The Hall–Kier alpha value is -2.04. The van der Waals surface area contributed by atoms with Crippen molar-refractivity contribution in [2.24, 2.45) is 4.99 Å². The van der Waals surface area contributed by atoms with Crippen LogP contribution in [-0.2, 0) is 4.79 Å². The van der Waals surface area contributed by atoms with Gasteiger partial charge in [-0.25, -0.2) is 4.99 Å². The molecule has 0 bridgehead atoms. The number of aliphatic imine (C=N–C) groups is 1. The quantitative estimate of drug-likeness (QED) is 0.602. The van der Waals surface area contributed by atoms with Crippen LogP contribution >= 0.6 is 23.2 Å². The molecule has 2 aromatic rings. The average molecular weight is 417 g/mol. The topological polar surface area (TPSA) is 41.9 Å². The number of nitrogens with zero attached hydrogens (tertiary/aromatic N) is 2. The number of hydrogen-bond donors (Lipinski definition) is 0. The van der Waals surface area contributed by atoms with Gasteiger partial charge >= 0.3 is 0 Å². The van der Waals surface area contributed by atoms with Gasteiger partial charge in [0.1, 0.15) is 11.5 Å². The minimum Gasteiger partial charge on any atom is -0.494 e. The SMILES string of the molecule is CCOc1cc2c3c(c1)[C@H](C)CC(C)(C)N3C(=O)C2=Nc1ccc(Cl)c(Cl)c1. The molecule has 4 rings (SSSR count). The maximum absolute atomic E-state index is 13.4. The summed E-state index contributed by atoms with van der Waals surface area (Å²) in [6, 6.07) is 9.10. The van der Waals surface area contributed by atoms with Gasteiger partial charge in [-0.1, -0.05) is 30.1 Å². The highest BCUT2D eigenvalue weighted by molar-refractivity contribution is 6.55. The van der Waals surface area contributed by atoms with Crippen LogP contribution in [0.25, 0.3) is 0 Å². The van der Waals surface area contributed by atoms with Gasteiger partial charge in [-0.05, 0) is 69.0 Å². The summed E-state index contributed by atoms with van der Waals surface area (Å²) < 4.78 is 5.78. The zero-order valence-electron chi connectivity index (χ0n) is 16.3. The van der Waals surface area contributed by atoms with E-state index in [9.17, 15) is 4.79 Å². The summed E-state index contributed by atoms with van der Waals surface area (Å²) in [5, 5.41) is 0.868. The second kappa shape index (κ2) is 6.78. The Morgan fingerprint density at radius 1 is 1.21 bits per heavy atom. The highest BCUT2D eigenvalue weighted by Crippen LogP contribution is 2.50. The van der Waals surface area contributed by atoms with Crippen molar-refractivity contribution in [2.45, 2.75) is 45.6 Å². The zero-order chi connectivity index (χ0) is 20.2. The smallest absolute Gasteiger partial charge is 0.278 e. The van der Waals surface area contributed by atoms with Crippen LogP contribution in [0.1, 0.15) is 51.2 Å². The first kappa shape index (κ1) is 19.3. The van der Waals surface area contributed by atoms with E-state index in [1.165, 1.54) is 0 Å². The second-order valence-corrected chi connectivity index (χ2v) is 8.77. The van der Waals surface area contributed by atoms with Gasteiger partial charge in [0.05, 0.1) is 28.0 Å². The van der Waals surface area contributed by atoms with E-state index in [1.54, 1.807) is 18.2 Å². The van der Waals surface area contributed by atoms with Crippen LogP contribution in [0, 0.1) is 0 Å². The monoisotopic (exact) mass is 416 g/mol. The van der Waals surface area contributed by atoms with Gasteiger partial charge < -0.3 is 9.64 Å². The maximum atomic E-state index is 13.4. The van der Waals surface area contributed by atoms with Gasteiger partial charge in [0.15, 0.2) is 0 Å². The number of amides is 1. The molecule has 28 heavy (non-hydrogen) atoms. The van der Waals surface area contributed by atoms with Crippen molar-refractivity contribution >= 4 is 46.2 Å². The average Bonchev–Trinajstić information content (AvgIpc) is 2.89. The molecule has 0 saturated carbocycles. The van der Waals surface area contributed by atoms with E-state index < -0.39 is 0 Å². The van der Waals surface area contributed by atoms with E-state index in [4.69, 9.17) is 27.9 Å². The summed E-state index contributed by atoms with van der Waals surface area (Å²) in [6.07, 6.45) is 0.876. The molecule has 6 heteroatoms. The molecule has 0 fully saturated rings. The van der Waals surface area contributed by atoms with Crippen molar-refractivity contribution in [3.8, 4) is 5.75 Å². The molecule has 0 unspecified atom stereocenters. The minimum atomic E-state index is -0.291. The van der Waals surface area contributed by atoms with E-state index in [2.05, 4.69) is 31.8 Å². The Morgan fingerprint density at radius 3 is 2.64 bits per heavy atom. The molecule has 146 valence electrons. The molecule has 2 aliphatic rings. The largest absolute Gasteiger partial charge is 0.494 e. The number of carbonyl (C=O) groups excluding carboxylic acids is 1. The third-order valence-corrected chi connectivity index (χ3v) is 6.13. The standard InChI is InChI=1S/C22H22Cl2N2O2/c1-5-28-14-9-15-12(2)11-22(3,4)26-20(15)16(10-14)19(21(26)27)25-13-6-7-17(23)18(24)8-13/h6-10,12H,5,11H2,1-4H3/t12-/m1/s1. The van der Waals surface area contributed by atoms with E-state index in [-0.39, 0.29) is 11.4 Å². The number of benzene rings is 2. The third-order valence-electron chi connectivity index (χ3n) is 5.39. The van der Waals surface area contributed by atoms with Gasteiger partial charge in [0.2, 0.25) is 0 Å². The van der Waals surface area contributed by atoms with E-state index >= 15 is 0 Å². The van der Waals surface area contributed by atoms with Crippen molar-refractivity contribution in [1.29, 1.82) is 0 Å². The molecule has 0 aromatic heterocycles. The number of anilines is 1. The second-order valence-electron chi connectivity index (χ2n) is 7.96. The van der Waals surface area contributed by atoms with Gasteiger partial charge in [-0.15, -0.1) is 0 Å². The van der Waals surface area contributed by atoms with Crippen LogP contribution in [0.3, 0.4) is 0 Å². The summed E-state index contributed by atoms with van der Waals surface area (Å²) in [7, 11) is 0. The lowest BCUT2D eigenvalue weighted by Crippen LogP contribution is -2.50. The molecule has 0 aliphatic carbocycles. The summed E-state index contributed by atoms with van der Waals surface area (Å²) in [5.41, 5.74) is 3.62. The summed E-state index contributed by atoms with van der Waals surface area (Å²) in [4.78, 5) is 20.0. The van der Waals surface area contributed by atoms with Crippen LogP contribution in [-0.4, -0.2) is 23.8 Å². The van der Waals surface area contributed by atoms with Gasteiger partial charge in [-0.3, -0.25) is 4.79 Å². The Bertz CT molecular complexity index is 1010. The lowest BCUT2D eigenvalue weighted by atomic mass is 9.80. The first-order chi connectivity index (χ1) is 13.2. The Labute approximate surface area is 175 Å². The maximum Gasteiger partial charge on any atom is 0.278 e. The van der Waals surface area contributed by atoms with Crippen LogP contribution < -0.4 is 9.64 Å². The van der Waals surface area contributed by atoms with Crippen molar-refractivity contribution in [3.05, 3.63) is 51.5 Å². The molecule has 1 atom stereocenters. The van der Waals surface area contributed by atoms with Crippen LogP contribution in [0.5, 0.6) is 5.75 Å². The number of carbonyl (C=O) groups is 1. The fraction of sp³-hybridized carbons (Fsp3) is 0.364. The molecule has 2 aliphatic heterocycles. The molecule has 0 spiro atoms. The summed E-state index contributed by atoms with van der Waals surface area (Å²) in [6.45, 7) is 8.92. The Balaban J connectivity index is 1.94. The Morgan fingerprint density at radius 2 is 1.96 bits per heavy atom. The van der Waals surface area contributed by atoms with Gasteiger partial charge in [-0.2, -0.15) is 0 Å². The first-order valence-electron chi connectivity index (χ1n) is 9.42. The minimum absolute atomic E-state index is 0.0899. The molecule has 0 N–H and O–H groups in total. The van der Waals surface area contributed by atoms with E-state index in [0.29, 0.717) is 34.0 Å². The van der Waals surface area contributed by atoms with Gasteiger partial charge in [0.25, 0.3) is 5.91 Å². The number of ether oxygens (including phenoxy) is 1. The molecule has 4 nitrogen and oxygen atoms in total. The molecular formula is C22H22Cl2N2O2. The fourth-order valence-electron chi connectivity index (χ4n) is 4.33. The first-order valence-corrected chi connectivity index (χ1v) is 10.2. The number of rotatable bonds is 3. The van der Waals surface area contributed by atoms with E-state index in [1.807, 2.05) is 17.9 Å². The summed E-state index contributed by atoms with van der Waals surface area (Å²) >= 11 is 12.2. The van der Waals surface area contributed by atoms with E-state index in [0.717, 1.165) is 29.0 Å². The molecule has 0 radical (unpaired) electrons. The van der Waals surface area contributed by atoms with Crippen molar-refractivity contribution in [3.63, 3.8) is 0 Å². The van der Waals surface area contributed by atoms with Crippen molar-refractivity contribution < 1.29 is 9.53 Å². The summed E-state index contributed by atoms with van der Waals surface area (Å²) in [5.74, 6) is 0.990. The lowest BCUT2D eigenvalue weighted by Gasteiger charge is -2.43.